The lowest BCUT2D eigenvalue weighted by atomic mass is 10.4. The Labute approximate surface area is 75.2 Å². The van der Waals surface area contributed by atoms with Crippen LogP contribution >= 0.6 is 15.9 Å². The first-order valence-corrected chi connectivity index (χ1v) is 4.16. The Balaban J connectivity index is 3.00. The maximum atomic E-state index is 3.71. The SMILES string of the molecule is C=CCn1cc(Br)cc1C=C. The Kier molecular flexibility index (Phi) is 2.71. The highest BCUT2D eigenvalue weighted by atomic mass is 79.9. The first-order valence-electron chi connectivity index (χ1n) is 3.37. The Hall–Kier alpha value is -0.760. The summed E-state index contributed by atoms with van der Waals surface area (Å²) in [6, 6.07) is 2.02. The van der Waals surface area contributed by atoms with Crippen molar-refractivity contribution in [3.63, 3.8) is 0 Å². The molecule has 0 aromatic carbocycles. The van der Waals surface area contributed by atoms with Crippen LogP contribution in [-0.2, 0) is 6.54 Å². The summed E-state index contributed by atoms with van der Waals surface area (Å²) in [6.07, 6.45) is 5.70. The number of allylic oxidation sites excluding steroid dienone is 1. The van der Waals surface area contributed by atoms with Crippen LogP contribution in [0.5, 0.6) is 0 Å². The van der Waals surface area contributed by atoms with E-state index in [-0.39, 0.29) is 0 Å². The van der Waals surface area contributed by atoms with E-state index in [0.717, 1.165) is 16.7 Å². The highest BCUT2D eigenvalue weighted by molar-refractivity contribution is 9.10. The second-order valence-corrected chi connectivity index (χ2v) is 3.14. The Morgan fingerprint density at radius 1 is 1.55 bits per heavy atom. The van der Waals surface area contributed by atoms with Crippen molar-refractivity contribution in [1.29, 1.82) is 0 Å². The minimum Gasteiger partial charge on any atom is -0.343 e. The average Bonchev–Trinajstić information content (AvgIpc) is 2.32. The van der Waals surface area contributed by atoms with E-state index in [1.807, 2.05) is 24.4 Å². The third-order valence-electron chi connectivity index (χ3n) is 1.43. The van der Waals surface area contributed by atoms with Crippen LogP contribution in [0, 0.1) is 0 Å². The molecule has 1 heterocycles. The van der Waals surface area contributed by atoms with Crippen LogP contribution in [0.25, 0.3) is 6.08 Å². The molecule has 1 rings (SSSR count). The number of nitrogens with zero attached hydrogens (tertiary/aromatic N) is 1. The quantitative estimate of drug-likeness (QED) is 0.678. The third-order valence-corrected chi connectivity index (χ3v) is 1.87. The zero-order valence-electron chi connectivity index (χ0n) is 6.26. The van der Waals surface area contributed by atoms with E-state index in [1.54, 1.807) is 0 Å². The number of hydrogen-bond acceptors (Lipinski definition) is 0. The molecular formula is C9H10BrN. The minimum atomic E-state index is 0.826. The van der Waals surface area contributed by atoms with Crippen molar-refractivity contribution in [2.45, 2.75) is 6.54 Å². The van der Waals surface area contributed by atoms with Gasteiger partial charge in [0.1, 0.15) is 0 Å². The van der Waals surface area contributed by atoms with Crippen LogP contribution in [-0.4, -0.2) is 4.57 Å². The van der Waals surface area contributed by atoms with Crippen LogP contribution in [0.15, 0.2) is 36.0 Å². The zero-order chi connectivity index (χ0) is 8.27. The molecule has 0 atom stereocenters. The molecule has 1 aromatic rings. The largest absolute Gasteiger partial charge is 0.343 e. The molecule has 0 radical (unpaired) electrons. The summed E-state index contributed by atoms with van der Waals surface area (Å²) in [4.78, 5) is 0. The lowest BCUT2D eigenvalue weighted by Crippen LogP contribution is -1.93. The molecule has 1 aromatic heterocycles. The molecule has 11 heavy (non-hydrogen) atoms. The molecule has 0 spiro atoms. The fourth-order valence-corrected chi connectivity index (χ4v) is 1.44. The monoisotopic (exact) mass is 211 g/mol. The Morgan fingerprint density at radius 3 is 2.82 bits per heavy atom. The van der Waals surface area contributed by atoms with Gasteiger partial charge in [-0.25, -0.2) is 0 Å². The van der Waals surface area contributed by atoms with Gasteiger partial charge in [-0.1, -0.05) is 12.7 Å². The van der Waals surface area contributed by atoms with Crippen molar-refractivity contribution in [1.82, 2.24) is 4.57 Å². The fourth-order valence-electron chi connectivity index (χ4n) is 0.958. The van der Waals surface area contributed by atoms with Crippen molar-refractivity contribution >= 4 is 22.0 Å². The molecule has 0 fully saturated rings. The molecular weight excluding hydrogens is 202 g/mol. The van der Waals surface area contributed by atoms with Crippen molar-refractivity contribution in [3.05, 3.63) is 41.7 Å². The number of hydrogen-bond donors (Lipinski definition) is 0. The predicted molar refractivity (Wildman–Crippen MR) is 52.4 cm³/mol. The van der Waals surface area contributed by atoms with Gasteiger partial charge in [0.25, 0.3) is 0 Å². The van der Waals surface area contributed by atoms with Gasteiger partial charge in [-0.15, -0.1) is 6.58 Å². The minimum absolute atomic E-state index is 0.826. The summed E-state index contributed by atoms with van der Waals surface area (Å²) in [5.74, 6) is 0. The summed E-state index contributed by atoms with van der Waals surface area (Å²) >= 11 is 3.39. The summed E-state index contributed by atoms with van der Waals surface area (Å²) in [6.45, 7) is 8.21. The first kappa shape index (κ1) is 8.34. The standard InChI is InChI=1S/C9H10BrN/c1-3-5-11-7-8(10)6-9(11)4-2/h3-4,6-7H,1-2,5H2. The molecule has 0 aliphatic rings. The van der Waals surface area contributed by atoms with Gasteiger partial charge in [-0.2, -0.15) is 0 Å². The van der Waals surface area contributed by atoms with Gasteiger partial charge >= 0.3 is 0 Å². The molecule has 0 bridgehead atoms. The summed E-state index contributed by atoms with van der Waals surface area (Å²) < 4.78 is 3.15. The molecule has 0 amide bonds. The van der Waals surface area contributed by atoms with E-state index >= 15 is 0 Å². The lowest BCUT2D eigenvalue weighted by Gasteiger charge is -1.99. The van der Waals surface area contributed by atoms with Crippen LogP contribution in [0.4, 0.5) is 0 Å². The van der Waals surface area contributed by atoms with Gasteiger partial charge in [0, 0.05) is 22.9 Å². The van der Waals surface area contributed by atoms with Crippen molar-refractivity contribution < 1.29 is 0 Å². The second kappa shape index (κ2) is 3.58. The van der Waals surface area contributed by atoms with Crippen LogP contribution < -0.4 is 0 Å². The van der Waals surface area contributed by atoms with Crippen LogP contribution in [0.1, 0.15) is 5.69 Å². The van der Waals surface area contributed by atoms with Gasteiger partial charge < -0.3 is 4.57 Å². The molecule has 0 unspecified atom stereocenters. The van der Waals surface area contributed by atoms with Crippen molar-refractivity contribution in [3.8, 4) is 0 Å². The summed E-state index contributed by atoms with van der Waals surface area (Å²) in [7, 11) is 0. The second-order valence-electron chi connectivity index (χ2n) is 2.23. The van der Waals surface area contributed by atoms with E-state index < -0.39 is 0 Å². The van der Waals surface area contributed by atoms with Gasteiger partial charge in [-0.05, 0) is 28.1 Å². The Bertz CT molecular complexity index is 273. The third kappa shape index (κ3) is 1.84. The van der Waals surface area contributed by atoms with Gasteiger partial charge in [0.05, 0.1) is 0 Å². The average molecular weight is 212 g/mol. The summed E-state index contributed by atoms with van der Waals surface area (Å²) in [5.41, 5.74) is 1.11. The molecule has 0 saturated carbocycles. The highest BCUT2D eigenvalue weighted by Crippen LogP contribution is 2.15. The van der Waals surface area contributed by atoms with E-state index in [0.29, 0.717) is 0 Å². The lowest BCUT2D eigenvalue weighted by molar-refractivity contribution is 0.821. The normalized spacial score (nSPS) is 9.55. The topological polar surface area (TPSA) is 4.93 Å². The van der Waals surface area contributed by atoms with Gasteiger partial charge in [0.15, 0.2) is 0 Å². The van der Waals surface area contributed by atoms with E-state index in [9.17, 15) is 0 Å². The van der Waals surface area contributed by atoms with Gasteiger partial charge in [0.2, 0.25) is 0 Å². The fraction of sp³-hybridized carbons (Fsp3) is 0.111. The van der Waals surface area contributed by atoms with E-state index in [1.165, 1.54) is 0 Å². The number of rotatable bonds is 3. The Morgan fingerprint density at radius 2 is 2.27 bits per heavy atom. The number of aromatic nitrogens is 1. The molecule has 0 N–H and O–H groups in total. The van der Waals surface area contributed by atoms with Crippen LogP contribution in [0.3, 0.4) is 0 Å². The molecule has 2 heteroatoms. The highest BCUT2D eigenvalue weighted by Gasteiger charge is 1.97. The van der Waals surface area contributed by atoms with Crippen molar-refractivity contribution in [2.75, 3.05) is 0 Å². The van der Waals surface area contributed by atoms with E-state index in [2.05, 4.69) is 33.7 Å². The molecule has 58 valence electrons. The summed E-state index contributed by atoms with van der Waals surface area (Å²) in [5, 5.41) is 0. The molecule has 0 aliphatic carbocycles. The van der Waals surface area contributed by atoms with Crippen LogP contribution in [0.2, 0.25) is 0 Å². The van der Waals surface area contributed by atoms with Gasteiger partial charge in [-0.3, -0.25) is 0 Å². The van der Waals surface area contributed by atoms with E-state index in [4.69, 9.17) is 0 Å². The predicted octanol–water partition coefficient (Wildman–Crippen LogP) is 3.08. The zero-order valence-corrected chi connectivity index (χ0v) is 7.84. The van der Waals surface area contributed by atoms with Crippen molar-refractivity contribution in [2.24, 2.45) is 0 Å². The maximum Gasteiger partial charge on any atom is 0.0415 e. The molecule has 0 aliphatic heterocycles. The number of halogens is 1. The smallest absolute Gasteiger partial charge is 0.0415 e. The molecule has 0 saturated heterocycles. The first-order chi connectivity index (χ1) is 5.27. The molecule has 1 nitrogen and oxygen atoms in total. The maximum absolute atomic E-state index is 3.71.